The molecule has 36 heavy (non-hydrogen) atoms. The molecule has 3 heterocycles. The Labute approximate surface area is 201 Å². The lowest BCUT2D eigenvalue weighted by Gasteiger charge is -2.00. The zero-order valence-electron chi connectivity index (χ0n) is 18.2. The normalized spacial score (nSPS) is 14.0. The largest absolute Gasteiger partial charge is 0.508 e. The topological polar surface area (TPSA) is 128 Å². The van der Waals surface area contributed by atoms with Crippen LogP contribution in [0.3, 0.4) is 0 Å². The molecule has 2 aromatic carbocycles. The van der Waals surface area contributed by atoms with Crippen LogP contribution in [0.5, 0.6) is 5.75 Å². The van der Waals surface area contributed by atoms with Crippen LogP contribution in [-0.4, -0.2) is 43.4 Å². The zero-order chi connectivity index (χ0) is 25.9. The number of pyridine rings is 1. The third kappa shape index (κ3) is 5.41. The molecule has 182 valence electrons. The number of H-pyrrole nitrogens is 1. The SMILES string of the molecule is O=C(O)C(F)(F)F.O=C1Nc2ccc(O)cc2C1=Cc1ccc2c(C=Cc3ccncc3)n[nH]c2c1. The summed E-state index contributed by atoms with van der Waals surface area (Å²) >= 11 is 0. The summed E-state index contributed by atoms with van der Waals surface area (Å²) in [6.45, 7) is 0. The summed E-state index contributed by atoms with van der Waals surface area (Å²) in [6.07, 6.45) is 4.17. The maximum atomic E-state index is 12.3. The summed E-state index contributed by atoms with van der Waals surface area (Å²) in [7, 11) is 0. The molecule has 0 aliphatic carbocycles. The molecule has 1 aliphatic rings. The van der Waals surface area contributed by atoms with E-state index in [9.17, 15) is 23.1 Å². The predicted molar refractivity (Wildman–Crippen MR) is 128 cm³/mol. The summed E-state index contributed by atoms with van der Waals surface area (Å²) < 4.78 is 31.7. The van der Waals surface area contributed by atoms with Crippen LogP contribution < -0.4 is 5.32 Å². The fraction of sp³-hybridized carbons (Fsp3) is 0.0400. The summed E-state index contributed by atoms with van der Waals surface area (Å²) in [5, 5.41) is 28.1. The highest BCUT2D eigenvalue weighted by Gasteiger charge is 2.38. The van der Waals surface area contributed by atoms with E-state index in [-0.39, 0.29) is 11.7 Å². The van der Waals surface area contributed by atoms with Crippen LogP contribution >= 0.6 is 0 Å². The Kier molecular flexibility index (Phi) is 6.55. The van der Waals surface area contributed by atoms with Gasteiger partial charge in [0.25, 0.3) is 5.91 Å². The Bertz CT molecular complexity index is 1510. The molecule has 1 aliphatic heterocycles. The van der Waals surface area contributed by atoms with Gasteiger partial charge in [-0.05, 0) is 65.7 Å². The fourth-order valence-corrected chi connectivity index (χ4v) is 3.41. The number of aromatic amines is 1. The second kappa shape index (κ2) is 9.74. The third-order valence-corrected chi connectivity index (χ3v) is 5.10. The molecular weight excluding hydrogens is 477 g/mol. The first-order chi connectivity index (χ1) is 17.1. The number of benzene rings is 2. The number of rotatable bonds is 3. The number of aromatic nitrogens is 3. The first-order valence-electron chi connectivity index (χ1n) is 10.3. The van der Waals surface area contributed by atoms with Gasteiger partial charge in [0.15, 0.2) is 0 Å². The summed E-state index contributed by atoms with van der Waals surface area (Å²) in [4.78, 5) is 25.2. The molecule has 0 radical (unpaired) electrons. The number of nitrogens with one attached hydrogen (secondary N) is 2. The van der Waals surface area contributed by atoms with Crippen LogP contribution in [0, 0.1) is 0 Å². The van der Waals surface area contributed by atoms with Crippen LogP contribution in [0.1, 0.15) is 22.4 Å². The standard InChI is InChI=1S/C23H16N4O2.C2HF3O2/c28-16-3-6-20-18(13-16)19(23(29)25-20)11-15-1-4-17-21(26-27-22(17)12-15)5-2-14-7-9-24-10-8-14;3-2(4,5)1(6)7/h1-13,28H,(H,25,29)(H,26,27);(H,6,7). The monoisotopic (exact) mass is 494 g/mol. The van der Waals surface area contributed by atoms with E-state index in [2.05, 4.69) is 20.5 Å². The highest BCUT2D eigenvalue weighted by Crippen LogP contribution is 2.35. The van der Waals surface area contributed by atoms with Gasteiger partial charge in [0.1, 0.15) is 5.75 Å². The predicted octanol–water partition coefficient (Wildman–Crippen LogP) is 4.96. The van der Waals surface area contributed by atoms with Crippen LogP contribution in [0.2, 0.25) is 0 Å². The van der Waals surface area contributed by atoms with Gasteiger partial charge >= 0.3 is 12.1 Å². The number of amides is 1. The number of carbonyl (C=O) groups excluding carboxylic acids is 1. The highest BCUT2D eigenvalue weighted by molar-refractivity contribution is 6.35. The summed E-state index contributed by atoms with van der Waals surface area (Å²) in [5.41, 5.74) is 5.55. The van der Waals surface area contributed by atoms with Crippen LogP contribution in [0.4, 0.5) is 18.9 Å². The Morgan fingerprint density at radius 3 is 2.39 bits per heavy atom. The van der Waals surface area contributed by atoms with Crippen LogP contribution in [-0.2, 0) is 9.59 Å². The molecule has 4 N–H and O–H groups in total. The fourth-order valence-electron chi connectivity index (χ4n) is 3.41. The van der Waals surface area contributed by atoms with Gasteiger partial charge in [-0.25, -0.2) is 4.79 Å². The molecule has 1 amide bonds. The molecule has 0 fully saturated rings. The number of hydrogen-bond donors (Lipinski definition) is 4. The number of alkyl halides is 3. The van der Waals surface area contributed by atoms with Crippen molar-refractivity contribution in [3.8, 4) is 5.75 Å². The van der Waals surface area contributed by atoms with E-state index < -0.39 is 12.1 Å². The van der Waals surface area contributed by atoms with Crippen molar-refractivity contribution in [1.82, 2.24) is 15.2 Å². The van der Waals surface area contributed by atoms with E-state index >= 15 is 0 Å². The van der Waals surface area contributed by atoms with Crippen LogP contribution in [0.25, 0.3) is 34.7 Å². The molecule has 0 spiro atoms. The number of carboxylic acids is 1. The van der Waals surface area contributed by atoms with E-state index in [1.807, 2.05) is 48.6 Å². The quantitative estimate of drug-likeness (QED) is 0.235. The van der Waals surface area contributed by atoms with Crippen LogP contribution in [0.15, 0.2) is 60.9 Å². The number of aromatic hydroxyl groups is 1. The average Bonchev–Trinajstić information content (AvgIpc) is 3.38. The van der Waals surface area contributed by atoms with Crippen molar-refractivity contribution in [3.05, 3.63) is 83.3 Å². The van der Waals surface area contributed by atoms with E-state index in [4.69, 9.17) is 9.90 Å². The van der Waals surface area contributed by atoms with E-state index in [0.29, 0.717) is 16.8 Å². The Morgan fingerprint density at radius 1 is 0.972 bits per heavy atom. The number of fused-ring (bicyclic) bond motifs is 2. The first kappa shape index (κ1) is 24.2. The third-order valence-electron chi connectivity index (χ3n) is 5.10. The lowest BCUT2D eigenvalue weighted by atomic mass is 10.0. The van der Waals surface area contributed by atoms with Crippen molar-refractivity contribution in [1.29, 1.82) is 0 Å². The molecule has 0 unspecified atom stereocenters. The summed E-state index contributed by atoms with van der Waals surface area (Å²) in [5.74, 6) is -2.82. The van der Waals surface area contributed by atoms with Crippen molar-refractivity contribution in [3.63, 3.8) is 0 Å². The minimum absolute atomic E-state index is 0.126. The van der Waals surface area contributed by atoms with Gasteiger partial charge in [-0.1, -0.05) is 12.1 Å². The molecule has 2 aromatic heterocycles. The maximum absolute atomic E-state index is 12.3. The molecule has 0 saturated heterocycles. The number of aliphatic carboxylic acids is 1. The van der Waals surface area contributed by atoms with E-state index in [1.165, 1.54) is 0 Å². The van der Waals surface area contributed by atoms with Gasteiger partial charge in [-0.2, -0.15) is 18.3 Å². The zero-order valence-corrected chi connectivity index (χ0v) is 18.2. The summed E-state index contributed by atoms with van der Waals surface area (Å²) in [6, 6.07) is 14.6. The molecule has 4 aromatic rings. The minimum Gasteiger partial charge on any atom is -0.508 e. The Balaban J connectivity index is 0.000000384. The first-order valence-corrected chi connectivity index (χ1v) is 10.3. The second-order valence-electron chi connectivity index (χ2n) is 7.57. The van der Waals surface area contributed by atoms with Gasteiger partial charge in [0.05, 0.1) is 11.2 Å². The molecular formula is C25H17F3N4O4. The number of anilines is 1. The van der Waals surface area contributed by atoms with Gasteiger partial charge in [-0.3, -0.25) is 14.9 Å². The molecule has 0 bridgehead atoms. The number of nitrogens with zero attached hydrogens (tertiary/aromatic N) is 2. The number of hydrogen-bond acceptors (Lipinski definition) is 5. The van der Waals surface area contributed by atoms with E-state index in [0.717, 1.165) is 27.7 Å². The molecule has 8 nitrogen and oxygen atoms in total. The molecule has 0 atom stereocenters. The smallest absolute Gasteiger partial charge is 0.490 e. The number of phenols is 1. The maximum Gasteiger partial charge on any atom is 0.490 e. The number of carbonyl (C=O) groups is 2. The number of halogens is 3. The van der Waals surface area contributed by atoms with Crippen molar-refractivity contribution in [2.45, 2.75) is 6.18 Å². The molecule has 5 rings (SSSR count). The highest BCUT2D eigenvalue weighted by atomic mass is 19.4. The number of carboxylic acid groups (broad SMARTS) is 1. The second-order valence-corrected chi connectivity index (χ2v) is 7.57. The molecule has 11 heteroatoms. The van der Waals surface area contributed by atoms with Crippen molar-refractivity contribution < 1.29 is 33.0 Å². The Hall–Kier alpha value is -4.93. The van der Waals surface area contributed by atoms with Gasteiger partial charge in [0.2, 0.25) is 0 Å². The number of phenolic OH excluding ortho intramolecular Hbond substituents is 1. The van der Waals surface area contributed by atoms with E-state index in [1.54, 1.807) is 30.6 Å². The lowest BCUT2D eigenvalue weighted by molar-refractivity contribution is -0.192. The Morgan fingerprint density at radius 2 is 1.69 bits per heavy atom. The van der Waals surface area contributed by atoms with Crippen molar-refractivity contribution >= 4 is 52.3 Å². The van der Waals surface area contributed by atoms with Crippen molar-refractivity contribution in [2.75, 3.05) is 5.32 Å². The molecule has 0 saturated carbocycles. The van der Waals surface area contributed by atoms with Crippen molar-refractivity contribution in [2.24, 2.45) is 0 Å². The van der Waals surface area contributed by atoms with Gasteiger partial charge in [0, 0.05) is 34.6 Å². The lowest BCUT2D eigenvalue weighted by Crippen LogP contribution is -2.21. The average molecular weight is 494 g/mol. The van der Waals surface area contributed by atoms with Gasteiger partial charge < -0.3 is 15.5 Å². The minimum atomic E-state index is -5.08. The van der Waals surface area contributed by atoms with Gasteiger partial charge in [-0.15, -0.1) is 0 Å².